The lowest BCUT2D eigenvalue weighted by atomic mass is 9.78. The summed E-state index contributed by atoms with van der Waals surface area (Å²) in [4.78, 5) is 25.5. The van der Waals surface area contributed by atoms with E-state index in [0.717, 1.165) is 19.0 Å². The molecule has 1 aliphatic carbocycles. The number of aliphatic carboxylic acids is 1. The Balaban J connectivity index is 2.58. The SMILES string of the molecule is O=C(O)C1(c2ccncc2[N+](=O)[O-])CCCC1. The zero-order chi connectivity index (χ0) is 12.5. The van der Waals surface area contributed by atoms with Crippen molar-refractivity contribution in [3.63, 3.8) is 0 Å². The Morgan fingerprint density at radius 2 is 2.12 bits per heavy atom. The van der Waals surface area contributed by atoms with E-state index < -0.39 is 16.3 Å². The average molecular weight is 236 g/mol. The van der Waals surface area contributed by atoms with E-state index in [1.165, 1.54) is 12.3 Å². The van der Waals surface area contributed by atoms with Crippen LogP contribution in [-0.4, -0.2) is 21.0 Å². The molecule has 6 nitrogen and oxygen atoms in total. The third kappa shape index (κ3) is 1.75. The van der Waals surface area contributed by atoms with Crippen LogP contribution >= 0.6 is 0 Å². The van der Waals surface area contributed by atoms with Gasteiger partial charge in [-0.3, -0.25) is 19.9 Å². The smallest absolute Gasteiger partial charge is 0.314 e. The number of hydrogen-bond acceptors (Lipinski definition) is 4. The van der Waals surface area contributed by atoms with Gasteiger partial charge >= 0.3 is 5.97 Å². The fourth-order valence-corrected chi connectivity index (χ4v) is 2.51. The summed E-state index contributed by atoms with van der Waals surface area (Å²) < 4.78 is 0. The number of hydrogen-bond donors (Lipinski definition) is 1. The zero-order valence-corrected chi connectivity index (χ0v) is 9.13. The summed E-state index contributed by atoms with van der Waals surface area (Å²) in [6.07, 6.45) is 5.00. The first kappa shape index (κ1) is 11.5. The van der Waals surface area contributed by atoms with E-state index in [1.807, 2.05) is 0 Å². The van der Waals surface area contributed by atoms with Crippen molar-refractivity contribution in [3.8, 4) is 0 Å². The third-order valence-corrected chi connectivity index (χ3v) is 3.38. The minimum atomic E-state index is -1.11. The van der Waals surface area contributed by atoms with Gasteiger partial charge < -0.3 is 5.11 Å². The van der Waals surface area contributed by atoms with E-state index in [1.54, 1.807) is 0 Å². The lowest BCUT2D eigenvalue weighted by Gasteiger charge is -2.23. The molecule has 1 N–H and O–H groups in total. The van der Waals surface area contributed by atoms with Gasteiger partial charge in [0.05, 0.1) is 15.9 Å². The molecule has 1 aromatic rings. The average Bonchev–Trinajstić information content (AvgIpc) is 2.79. The van der Waals surface area contributed by atoms with Crippen molar-refractivity contribution >= 4 is 11.7 Å². The number of carbonyl (C=O) groups is 1. The molecule has 1 heterocycles. The first-order chi connectivity index (χ1) is 8.08. The molecular formula is C11H12N2O4. The maximum Gasteiger partial charge on any atom is 0.314 e. The van der Waals surface area contributed by atoms with Gasteiger partial charge in [0.25, 0.3) is 5.69 Å². The van der Waals surface area contributed by atoms with Crippen molar-refractivity contribution in [2.75, 3.05) is 0 Å². The van der Waals surface area contributed by atoms with Crippen molar-refractivity contribution in [3.05, 3.63) is 34.1 Å². The minimum Gasteiger partial charge on any atom is -0.481 e. The highest BCUT2D eigenvalue weighted by Gasteiger charge is 2.46. The summed E-state index contributed by atoms with van der Waals surface area (Å²) in [5, 5.41) is 20.3. The van der Waals surface area contributed by atoms with Crippen molar-refractivity contribution in [2.24, 2.45) is 0 Å². The highest BCUT2D eigenvalue weighted by Crippen LogP contribution is 2.44. The van der Waals surface area contributed by atoms with Crippen LogP contribution < -0.4 is 0 Å². The number of aromatic nitrogens is 1. The summed E-state index contributed by atoms with van der Waals surface area (Å²) in [6.45, 7) is 0. The molecule has 0 radical (unpaired) electrons. The normalized spacial score (nSPS) is 17.9. The molecule has 0 atom stereocenters. The van der Waals surface area contributed by atoms with E-state index in [0.29, 0.717) is 12.8 Å². The van der Waals surface area contributed by atoms with Gasteiger partial charge in [-0.05, 0) is 18.9 Å². The van der Waals surface area contributed by atoms with Crippen LogP contribution in [0.1, 0.15) is 31.2 Å². The predicted molar refractivity (Wildman–Crippen MR) is 58.7 cm³/mol. The molecule has 6 heteroatoms. The number of nitrogens with zero attached hydrogens (tertiary/aromatic N) is 2. The molecule has 0 amide bonds. The van der Waals surface area contributed by atoms with Crippen LogP contribution in [0.2, 0.25) is 0 Å². The molecule has 0 aliphatic heterocycles. The lowest BCUT2D eigenvalue weighted by molar-refractivity contribution is -0.386. The Bertz CT molecular complexity index is 466. The molecule has 0 bridgehead atoms. The number of nitro groups is 1. The number of carboxylic acids is 1. The molecule has 0 aromatic carbocycles. The summed E-state index contributed by atoms with van der Waals surface area (Å²) in [6, 6.07) is 1.46. The van der Waals surface area contributed by atoms with Crippen LogP contribution in [0.3, 0.4) is 0 Å². The molecule has 1 saturated carbocycles. The lowest BCUT2D eigenvalue weighted by Crippen LogP contribution is -2.33. The quantitative estimate of drug-likeness (QED) is 0.638. The van der Waals surface area contributed by atoms with Gasteiger partial charge in [0.15, 0.2) is 0 Å². The minimum absolute atomic E-state index is 0.197. The second-order valence-corrected chi connectivity index (χ2v) is 4.24. The summed E-state index contributed by atoms with van der Waals surface area (Å²) in [7, 11) is 0. The predicted octanol–water partition coefficient (Wildman–Crippen LogP) is 1.89. The monoisotopic (exact) mass is 236 g/mol. The van der Waals surface area contributed by atoms with Crippen LogP contribution in [0.25, 0.3) is 0 Å². The summed E-state index contributed by atoms with van der Waals surface area (Å²) in [5.41, 5.74) is -1.02. The Hall–Kier alpha value is -1.98. The summed E-state index contributed by atoms with van der Waals surface area (Å²) in [5.74, 6) is -0.982. The number of carboxylic acid groups (broad SMARTS) is 1. The van der Waals surface area contributed by atoms with Crippen LogP contribution in [0.4, 0.5) is 5.69 Å². The van der Waals surface area contributed by atoms with E-state index in [9.17, 15) is 20.0 Å². The Morgan fingerprint density at radius 1 is 1.47 bits per heavy atom. The van der Waals surface area contributed by atoms with Crippen LogP contribution in [0, 0.1) is 10.1 Å². The molecule has 0 spiro atoms. The van der Waals surface area contributed by atoms with Crippen molar-refractivity contribution in [2.45, 2.75) is 31.1 Å². The van der Waals surface area contributed by atoms with Crippen LogP contribution in [0.15, 0.2) is 18.5 Å². The Labute approximate surface area is 97.4 Å². The van der Waals surface area contributed by atoms with Gasteiger partial charge in [0.2, 0.25) is 0 Å². The van der Waals surface area contributed by atoms with Crippen molar-refractivity contribution in [1.82, 2.24) is 4.98 Å². The number of rotatable bonds is 3. The highest BCUT2D eigenvalue weighted by molar-refractivity contribution is 5.83. The first-order valence-electron chi connectivity index (χ1n) is 5.40. The molecule has 2 rings (SSSR count). The van der Waals surface area contributed by atoms with Crippen LogP contribution in [-0.2, 0) is 10.2 Å². The van der Waals surface area contributed by atoms with E-state index in [-0.39, 0.29) is 11.3 Å². The molecule has 1 aliphatic rings. The topological polar surface area (TPSA) is 93.3 Å². The molecule has 0 saturated heterocycles. The largest absolute Gasteiger partial charge is 0.481 e. The summed E-state index contributed by atoms with van der Waals surface area (Å²) >= 11 is 0. The van der Waals surface area contributed by atoms with Gasteiger partial charge in [-0.2, -0.15) is 0 Å². The molecule has 90 valence electrons. The van der Waals surface area contributed by atoms with E-state index in [4.69, 9.17) is 0 Å². The van der Waals surface area contributed by atoms with Crippen LogP contribution in [0.5, 0.6) is 0 Å². The van der Waals surface area contributed by atoms with Crippen molar-refractivity contribution in [1.29, 1.82) is 0 Å². The molecule has 17 heavy (non-hydrogen) atoms. The van der Waals surface area contributed by atoms with Gasteiger partial charge in [-0.1, -0.05) is 12.8 Å². The standard InChI is InChI=1S/C11H12N2O4/c14-10(15)11(4-1-2-5-11)8-3-6-12-7-9(8)13(16)17/h3,6-7H,1-2,4-5H2,(H,14,15). The number of pyridine rings is 1. The maximum absolute atomic E-state index is 11.5. The maximum atomic E-state index is 11.5. The highest BCUT2D eigenvalue weighted by atomic mass is 16.6. The zero-order valence-electron chi connectivity index (χ0n) is 9.13. The Kier molecular flexibility index (Phi) is 2.79. The van der Waals surface area contributed by atoms with E-state index >= 15 is 0 Å². The fraction of sp³-hybridized carbons (Fsp3) is 0.455. The van der Waals surface area contributed by atoms with Gasteiger partial charge in [0.1, 0.15) is 6.20 Å². The third-order valence-electron chi connectivity index (χ3n) is 3.38. The van der Waals surface area contributed by atoms with Crippen molar-refractivity contribution < 1.29 is 14.8 Å². The Morgan fingerprint density at radius 3 is 2.65 bits per heavy atom. The molecule has 1 fully saturated rings. The van der Waals surface area contributed by atoms with E-state index in [2.05, 4.69) is 4.98 Å². The molecular weight excluding hydrogens is 224 g/mol. The first-order valence-corrected chi connectivity index (χ1v) is 5.40. The van der Waals surface area contributed by atoms with Gasteiger partial charge in [-0.25, -0.2) is 0 Å². The van der Waals surface area contributed by atoms with Gasteiger partial charge in [-0.15, -0.1) is 0 Å². The van der Waals surface area contributed by atoms with Gasteiger partial charge in [0, 0.05) is 6.20 Å². The molecule has 0 unspecified atom stereocenters. The fourth-order valence-electron chi connectivity index (χ4n) is 2.51. The second-order valence-electron chi connectivity index (χ2n) is 4.24. The second kappa shape index (κ2) is 4.12. The molecule has 1 aromatic heterocycles.